The maximum Gasteiger partial charge on any atom is 0.115 e. The summed E-state index contributed by atoms with van der Waals surface area (Å²) < 4.78 is 5.67. The van der Waals surface area contributed by atoms with Gasteiger partial charge in [-0.1, -0.05) is 0 Å². The summed E-state index contributed by atoms with van der Waals surface area (Å²) in [7, 11) is 1.99. The second-order valence-electron chi connectivity index (χ2n) is 3.50. The Morgan fingerprint density at radius 2 is 2.50 bits per heavy atom. The van der Waals surface area contributed by atoms with E-state index in [4.69, 9.17) is 4.74 Å². The third-order valence-corrected chi connectivity index (χ3v) is 2.63. The molecule has 1 aliphatic rings. The fourth-order valence-corrected chi connectivity index (χ4v) is 1.76. The monoisotopic (exact) mass is 193 g/mol. The van der Waals surface area contributed by atoms with Gasteiger partial charge in [0.1, 0.15) is 12.4 Å². The molecule has 1 fully saturated rings. The summed E-state index contributed by atoms with van der Waals surface area (Å²) in [5, 5.41) is 3.28. The summed E-state index contributed by atoms with van der Waals surface area (Å²) >= 11 is 0. The molecule has 0 spiro atoms. The zero-order valence-corrected chi connectivity index (χ0v) is 8.31. The molecule has 2 unspecified atom stereocenters. The predicted octanol–water partition coefficient (Wildman–Crippen LogP) is 0.916. The van der Waals surface area contributed by atoms with Gasteiger partial charge in [-0.05, 0) is 26.0 Å². The Kier molecular flexibility index (Phi) is 3.06. The minimum absolute atomic E-state index is 0.129. The molecule has 0 saturated carbocycles. The van der Waals surface area contributed by atoms with Gasteiger partial charge in [0.25, 0.3) is 0 Å². The van der Waals surface area contributed by atoms with Gasteiger partial charge >= 0.3 is 0 Å². The Labute approximate surface area is 83.7 Å². The van der Waals surface area contributed by atoms with Gasteiger partial charge in [0.15, 0.2) is 0 Å². The molecular weight excluding hydrogens is 178 g/mol. The molecule has 1 aliphatic heterocycles. The average molecular weight is 193 g/mol. The van der Waals surface area contributed by atoms with Crippen LogP contribution >= 0.6 is 0 Å². The lowest BCUT2D eigenvalue weighted by molar-refractivity contribution is -0.00102. The van der Waals surface area contributed by atoms with Crippen LogP contribution in [0.25, 0.3) is 0 Å². The maximum atomic E-state index is 5.67. The smallest absolute Gasteiger partial charge is 0.115 e. The summed E-state index contributed by atoms with van der Waals surface area (Å²) in [6.07, 6.45) is 5.53. The van der Waals surface area contributed by atoms with Crippen LogP contribution in [0.2, 0.25) is 0 Å². The van der Waals surface area contributed by atoms with Crippen LogP contribution in [0.15, 0.2) is 18.6 Å². The molecule has 2 atom stereocenters. The van der Waals surface area contributed by atoms with E-state index in [9.17, 15) is 0 Å². The number of aromatic nitrogens is 2. The second kappa shape index (κ2) is 4.48. The van der Waals surface area contributed by atoms with Gasteiger partial charge in [0.2, 0.25) is 0 Å². The second-order valence-corrected chi connectivity index (χ2v) is 3.50. The first-order valence-corrected chi connectivity index (χ1v) is 4.95. The number of hydrogen-bond donors (Lipinski definition) is 1. The lowest BCUT2D eigenvalue weighted by atomic mass is 10.0. The van der Waals surface area contributed by atoms with Crippen LogP contribution in [0.3, 0.4) is 0 Å². The predicted molar refractivity (Wildman–Crippen MR) is 52.8 cm³/mol. The third-order valence-electron chi connectivity index (χ3n) is 2.63. The van der Waals surface area contributed by atoms with Crippen LogP contribution in [0.4, 0.5) is 0 Å². The van der Waals surface area contributed by atoms with E-state index in [2.05, 4.69) is 15.3 Å². The molecule has 2 heterocycles. The van der Waals surface area contributed by atoms with Crippen molar-refractivity contribution in [1.82, 2.24) is 15.3 Å². The van der Waals surface area contributed by atoms with E-state index in [0.29, 0.717) is 6.04 Å². The zero-order chi connectivity index (χ0) is 9.80. The molecule has 2 rings (SSSR count). The van der Waals surface area contributed by atoms with Crippen LogP contribution in [0.5, 0.6) is 0 Å². The first-order valence-electron chi connectivity index (χ1n) is 4.95. The van der Waals surface area contributed by atoms with Gasteiger partial charge < -0.3 is 10.1 Å². The molecule has 76 valence electrons. The number of nitrogens with zero attached hydrogens (tertiary/aromatic N) is 2. The summed E-state index contributed by atoms with van der Waals surface area (Å²) in [5.41, 5.74) is 0.986. The number of hydrogen-bond acceptors (Lipinski definition) is 4. The average Bonchev–Trinajstić information content (AvgIpc) is 2.30. The highest BCUT2D eigenvalue weighted by atomic mass is 16.5. The molecule has 14 heavy (non-hydrogen) atoms. The van der Waals surface area contributed by atoms with Gasteiger partial charge in [-0.15, -0.1) is 0 Å². The molecular formula is C10H15N3O. The fraction of sp³-hybridized carbons (Fsp3) is 0.600. The minimum Gasteiger partial charge on any atom is -0.372 e. The molecule has 1 aromatic rings. The lowest BCUT2D eigenvalue weighted by Crippen LogP contribution is -2.33. The van der Waals surface area contributed by atoms with Crippen molar-refractivity contribution < 1.29 is 4.74 Å². The Balaban J connectivity index is 2.04. The highest BCUT2D eigenvalue weighted by Gasteiger charge is 2.23. The molecule has 0 amide bonds. The normalized spacial score (nSPS) is 27.5. The van der Waals surface area contributed by atoms with Gasteiger partial charge in [-0.25, -0.2) is 9.97 Å². The number of ether oxygens (including phenoxy) is 1. The summed E-state index contributed by atoms with van der Waals surface area (Å²) in [6, 6.07) is 2.46. The SMILES string of the molecule is CNC1CCOC(c2ccncn2)C1. The van der Waals surface area contributed by atoms with E-state index in [1.54, 1.807) is 12.5 Å². The van der Waals surface area contributed by atoms with Crippen molar-refractivity contribution in [3.63, 3.8) is 0 Å². The lowest BCUT2D eigenvalue weighted by Gasteiger charge is -2.28. The van der Waals surface area contributed by atoms with E-state index in [0.717, 1.165) is 25.1 Å². The van der Waals surface area contributed by atoms with E-state index in [1.807, 2.05) is 13.1 Å². The molecule has 1 saturated heterocycles. The summed E-state index contributed by atoms with van der Waals surface area (Å²) in [5.74, 6) is 0. The van der Waals surface area contributed by atoms with Crippen molar-refractivity contribution in [2.45, 2.75) is 25.0 Å². The molecule has 4 nitrogen and oxygen atoms in total. The number of rotatable bonds is 2. The standard InChI is InChI=1S/C10H15N3O/c1-11-8-3-5-14-10(6-8)9-2-4-12-7-13-9/h2,4,7-8,10-11H,3,5-6H2,1H3. The third kappa shape index (κ3) is 2.08. The van der Waals surface area contributed by atoms with Crippen molar-refractivity contribution in [1.29, 1.82) is 0 Å². The van der Waals surface area contributed by atoms with E-state index < -0.39 is 0 Å². The van der Waals surface area contributed by atoms with Gasteiger partial charge in [0, 0.05) is 18.8 Å². The van der Waals surface area contributed by atoms with Gasteiger partial charge in [-0.3, -0.25) is 0 Å². The molecule has 0 aromatic carbocycles. The van der Waals surface area contributed by atoms with Crippen molar-refractivity contribution in [2.75, 3.05) is 13.7 Å². The molecule has 4 heteroatoms. The summed E-state index contributed by atoms with van der Waals surface area (Å²) in [4.78, 5) is 8.10. The van der Waals surface area contributed by atoms with Crippen molar-refractivity contribution in [3.05, 3.63) is 24.3 Å². The zero-order valence-electron chi connectivity index (χ0n) is 8.31. The Morgan fingerprint density at radius 1 is 1.57 bits per heavy atom. The first kappa shape index (κ1) is 9.55. The van der Waals surface area contributed by atoms with Crippen LogP contribution in [-0.2, 0) is 4.74 Å². The van der Waals surface area contributed by atoms with Crippen LogP contribution < -0.4 is 5.32 Å². The van der Waals surface area contributed by atoms with Gasteiger partial charge in [-0.2, -0.15) is 0 Å². The molecule has 0 bridgehead atoms. The molecule has 0 aliphatic carbocycles. The minimum atomic E-state index is 0.129. The van der Waals surface area contributed by atoms with Crippen LogP contribution in [0, 0.1) is 0 Å². The van der Waals surface area contributed by atoms with Crippen molar-refractivity contribution >= 4 is 0 Å². The Morgan fingerprint density at radius 3 is 3.21 bits per heavy atom. The van der Waals surface area contributed by atoms with Crippen molar-refractivity contribution in [2.24, 2.45) is 0 Å². The van der Waals surface area contributed by atoms with Crippen LogP contribution in [0.1, 0.15) is 24.6 Å². The highest BCUT2D eigenvalue weighted by Crippen LogP contribution is 2.25. The van der Waals surface area contributed by atoms with E-state index >= 15 is 0 Å². The topological polar surface area (TPSA) is 47.0 Å². The highest BCUT2D eigenvalue weighted by molar-refractivity contribution is 5.04. The first-order chi connectivity index (χ1) is 6.90. The maximum absolute atomic E-state index is 5.67. The quantitative estimate of drug-likeness (QED) is 0.758. The summed E-state index contributed by atoms with van der Waals surface area (Å²) in [6.45, 7) is 0.806. The largest absolute Gasteiger partial charge is 0.372 e. The molecule has 1 aromatic heterocycles. The Bertz CT molecular complexity index is 278. The van der Waals surface area contributed by atoms with E-state index in [-0.39, 0.29) is 6.10 Å². The van der Waals surface area contributed by atoms with Gasteiger partial charge in [0.05, 0.1) is 5.69 Å². The van der Waals surface area contributed by atoms with Crippen LogP contribution in [-0.4, -0.2) is 29.7 Å². The fourth-order valence-electron chi connectivity index (χ4n) is 1.76. The Hall–Kier alpha value is -1.00. The molecule has 1 N–H and O–H groups in total. The molecule has 0 radical (unpaired) electrons. The van der Waals surface area contributed by atoms with Crippen molar-refractivity contribution in [3.8, 4) is 0 Å². The number of nitrogens with one attached hydrogen (secondary N) is 1. The van der Waals surface area contributed by atoms with E-state index in [1.165, 1.54) is 0 Å².